The van der Waals surface area contributed by atoms with Crippen LogP contribution in [0, 0.1) is 5.92 Å². The maximum absolute atomic E-state index is 12.1. The molecule has 114 valence electrons. The number of carbonyl (C=O) groups is 2. The van der Waals surface area contributed by atoms with Crippen LogP contribution in [0.25, 0.3) is 0 Å². The molecular weight excluding hydrogens is 266 g/mol. The summed E-state index contributed by atoms with van der Waals surface area (Å²) >= 11 is 0. The second-order valence-electron chi connectivity index (χ2n) is 5.44. The van der Waals surface area contributed by atoms with Gasteiger partial charge in [-0.2, -0.15) is 0 Å². The van der Waals surface area contributed by atoms with Crippen molar-refractivity contribution >= 4 is 11.8 Å². The zero-order valence-electron chi connectivity index (χ0n) is 12.5. The van der Waals surface area contributed by atoms with E-state index in [4.69, 9.17) is 0 Å². The third-order valence-corrected chi connectivity index (χ3v) is 3.85. The van der Waals surface area contributed by atoms with E-state index in [-0.39, 0.29) is 17.7 Å². The van der Waals surface area contributed by atoms with Crippen LogP contribution in [0.4, 0.5) is 0 Å². The number of piperidine rings is 1. The van der Waals surface area contributed by atoms with Gasteiger partial charge < -0.3 is 10.2 Å². The number of pyridine rings is 1. The van der Waals surface area contributed by atoms with Crippen LogP contribution in [0.5, 0.6) is 0 Å². The normalized spacial score (nSPS) is 15.8. The predicted molar refractivity (Wildman–Crippen MR) is 80.3 cm³/mol. The number of carbonyl (C=O) groups excluding carboxylic acids is 2. The highest BCUT2D eigenvalue weighted by atomic mass is 16.2. The van der Waals surface area contributed by atoms with Gasteiger partial charge in [-0.3, -0.25) is 14.6 Å². The minimum absolute atomic E-state index is 0.0133. The highest BCUT2D eigenvalue weighted by Crippen LogP contribution is 2.18. The Morgan fingerprint density at radius 3 is 2.71 bits per heavy atom. The van der Waals surface area contributed by atoms with E-state index in [0.29, 0.717) is 26.1 Å². The first-order valence-corrected chi connectivity index (χ1v) is 7.66. The molecule has 0 atom stereocenters. The number of aromatic nitrogens is 1. The first-order valence-electron chi connectivity index (χ1n) is 7.66. The topological polar surface area (TPSA) is 62.3 Å². The molecule has 0 bridgehead atoms. The van der Waals surface area contributed by atoms with Crippen LogP contribution in [0.3, 0.4) is 0 Å². The van der Waals surface area contributed by atoms with E-state index in [1.54, 1.807) is 6.20 Å². The lowest BCUT2D eigenvalue weighted by molar-refractivity contribution is -0.135. The molecule has 1 aliphatic heterocycles. The highest BCUT2D eigenvalue weighted by molar-refractivity contribution is 5.80. The molecule has 0 aliphatic carbocycles. The Bertz CT molecular complexity index is 468. The summed E-state index contributed by atoms with van der Waals surface area (Å²) in [7, 11) is 0. The number of likely N-dealkylation sites (tertiary alicyclic amines) is 1. The van der Waals surface area contributed by atoms with E-state index in [1.807, 2.05) is 30.0 Å². The molecule has 0 aromatic carbocycles. The maximum atomic E-state index is 12.1. The summed E-state index contributed by atoms with van der Waals surface area (Å²) in [5.41, 5.74) is 0.862. The fraction of sp³-hybridized carbons (Fsp3) is 0.562. The fourth-order valence-electron chi connectivity index (χ4n) is 2.59. The van der Waals surface area contributed by atoms with Crippen molar-refractivity contribution < 1.29 is 9.59 Å². The van der Waals surface area contributed by atoms with Gasteiger partial charge in [0.15, 0.2) is 0 Å². The van der Waals surface area contributed by atoms with Gasteiger partial charge in [-0.05, 0) is 31.4 Å². The zero-order chi connectivity index (χ0) is 15.1. The summed E-state index contributed by atoms with van der Waals surface area (Å²) in [5.74, 6) is 0.299. The summed E-state index contributed by atoms with van der Waals surface area (Å²) in [4.78, 5) is 30.0. The molecule has 1 aromatic rings. The van der Waals surface area contributed by atoms with E-state index in [1.165, 1.54) is 0 Å². The van der Waals surface area contributed by atoms with E-state index >= 15 is 0 Å². The van der Waals surface area contributed by atoms with Crippen molar-refractivity contribution in [3.8, 4) is 0 Å². The number of hydrogen-bond donors (Lipinski definition) is 1. The van der Waals surface area contributed by atoms with Gasteiger partial charge in [-0.1, -0.05) is 13.0 Å². The van der Waals surface area contributed by atoms with E-state index in [9.17, 15) is 9.59 Å². The molecule has 0 saturated carbocycles. The van der Waals surface area contributed by atoms with E-state index in [2.05, 4.69) is 10.3 Å². The number of nitrogens with one attached hydrogen (secondary N) is 1. The summed E-state index contributed by atoms with van der Waals surface area (Å²) in [6.07, 6.45) is 4.71. The van der Waals surface area contributed by atoms with Crippen LogP contribution in [0.15, 0.2) is 24.4 Å². The van der Waals surface area contributed by atoms with Crippen LogP contribution < -0.4 is 5.32 Å². The van der Waals surface area contributed by atoms with Gasteiger partial charge in [-0.15, -0.1) is 0 Å². The minimum atomic E-state index is 0.0133. The lowest BCUT2D eigenvalue weighted by Gasteiger charge is -2.31. The van der Waals surface area contributed by atoms with Gasteiger partial charge in [0.1, 0.15) is 0 Å². The van der Waals surface area contributed by atoms with Gasteiger partial charge in [-0.25, -0.2) is 0 Å². The second kappa shape index (κ2) is 7.76. The molecule has 0 radical (unpaired) electrons. The average Bonchev–Trinajstić information content (AvgIpc) is 2.54. The van der Waals surface area contributed by atoms with Crippen molar-refractivity contribution in [1.29, 1.82) is 0 Å². The number of rotatable bonds is 5. The standard InChI is InChI=1S/C16H23N3O2/c1-2-5-15(20)19-10-7-13(8-11-19)16(21)18-12-14-6-3-4-9-17-14/h3-4,6,9,13H,2,5,7-8,10-12H2,1H3,(H,18,21). The van der Waals surface area contributed by atoms with Gasteiger partial charge in [0.05, 0.1) is 12.2 Å². The monoisotopic (exact) mass is 289 g/mol. The molecule has 2 rings (SSSR count). The van der Waals surface area contributed by atoms with Crippen LogP contribution in [-0.4, -0.2) is 34.8 Å². The molecular formula is C16H23N3O2. The Morgan fingerprint density at radius 1 is 1.33 bits per heavy atom. The highest BCUT2D eigenvalue weighted by Gasteiger charge is 2.26. The quantitative estimate of drug-likeness (QED) is 0.898. The molecule has 1 fully saturated rings. The first-order chi connectivity index (χ1) is 10.2. The molecule has 1 saturated heterocycles. The third kappa shape index (κ3) is 4.55. The Morgan fingerprint density at radius 2 is 2.10 bits per heavy atom. The van der Waals surface area contributed by atoms with Crippen molar-refractivity contribution in [2.45, 2.75) is 39.2 Å². The summed E-state index contributed by atoms with van der Waals surface area (Å²) in [5, 5.41) is 2.93. The average molecular weight is 289 g/mol. The molecule has 0 unspecified atom stereocenters. The number of nitrogens with zero attached hydrogens (tertiary/aromatic N) is 2. The minimum Gasteiger partial charge on any atom is -0.350 e. The van der Waals surface area contributed by atoms with Gasteiger partial charge in [0.2, 0.25) is 11.8 Å². The summed E-state index contributed by atoms with van der Waals surface area (Å²) in [6.45, 7) is 3.87. The summed E-state index contributed by atoms with van der Waals surface area (Å²) in [6, 6.07) is 5.66. The zero-order valence-corrected chi connectivity index (χ0v) is 12.5. The lowest BCUT2D eigenvalue weighted by atomic mass is 9.95. The second-order valence-corrected chi connectivity index (χ2v) is 5.44. The van der Waals surface area contributed by atoms with Crippen molar-refractivity contribution in [3.05, 3.63) is 30.1 Å². The number of hydrogen-bond acceptors (Lipinski definition) is 3. The van der Waals surface area contributed by atoms with Gasteiger partial charge in [0.25, 0.3) is 0 Å². The van der Waals surface area contributed by atoms with Crippen LogP contribution in [-0.2, 0) is 16.1 Å². The van der Waals surface area contributed by atoms with Crippen molar-refractivity contribution in [3.63, 3.8) is 0 Å². The Hall–Kier alpha value is -1.91. The molecule has 1 aliphatic rings. The van der Waals surface area contributed by atoms with Gasteiger partial charge in [0, 0.05) is 31.6 Å². The molecule has 1 N–H and O–H groups in total. The molecule has 1 aromatic heterocycles. The van der Waals surface area contributed by atoms with Gasteiger partial charge >= 0.3 is 0 Å². The molecule has 5 heteroatoms. The Kier molecular flexibility index (Phi) is 5.72. The van der Waals surface area contributed by atoms with Crippen molar-refractivity contribution in [2.24, 2.45) is 5.92 Å². The lowest BCUT2D eigenvalue weighted by Crippen LogP contribution is -2.42. The smallest absolute Gasteiger partial charge is 0.223 e. The molecule has 5 nitrogen and oxygen atoms in total. The van der Waals surface area contributed by atoms with Crippen LogP contribution in [0.1, 0.15) is 38.3 Å². The van der Waals surface area contributed by atoms with Crippen LogP contribution in [0.2, 0.25) is 0 Å². The van der Waals surface area contributed by atoms with E-state index < -0.39 is 0 Å². The number of amides is 2. The Balaban J connectivity index is 1.74. The predicted octanol–water partition coefficient (Wildman–Crippen LogP) is 1.74. The maximum Gasteiger partial charge on any atom is 0.223 e. The largest absolute Gasteiger partial charge is 0.350 e. The van der Waals surface area contributed by atoms with Crippen molar-refractivity contribution in [1.82, 2.24) is 15.2 Å². The molecule has 21 heavy (non-hydrogen) atoms. The van der Waals surface area contributed by atoms with Crippen LogP contribution >= 0.6 is 0 Å². The first kappa shape index (κ1) is 15.5. The SMILES string of the molecule is CCCC(=O)N1CCC(C(=O)NCc2ccccn2)CC1. The summed E-state index contributed by atoms with van der Waals surface area (Å²) < 4.78 is 0. The van der Waals surface area contributed by atoms with E-state index in [0.717, 1.165) is 25.0 Å². The molecule has 2 heterocycles. The third-order valence-electron chi connectivity index (χ3n) is 3.85. The Labute approximate surface area is 125 Å². The fourth-order valence-corrected chi connectivity index (χ4v) is 2.59. The molecule has 2 amide bonds. The van der Waals surface area contributed by atoms with Crippen molar-refractivity contribution in [2.75, 3.05) is 13.1 Å². The molecule has 0 spiro atoms.